The van der Waals surface area contributed by atoms with Crippen LogP contribution < -0.4 is 4.90 Å². The van der Waals surface area contributed by atoms with Crippen LogP contribution in [-0.2, 0) is 5.41 Å². The van der Waals surface area contributed by atoms with Gasteiger partial charge in [0.05, 0.1) is 11.0 Å². The topological polar surface area (TPSA) is 8.17 Å². The van der Waals surface area contributed by atoms with E-state index in [0.29, 0.717) is 0 Å². The van der Waals surface area contributed by atoms with Crippen molar-refractivity contribution in [1.29, 1.82) is 0 Å². The zero-order valence-electron chi connectivity index (χ0n) is 32.0. The van der Waals surface area contributed by atoms with Gasteiger partial charge in [-0.05, 0) is 116 Å². The van der Waals surface area contributed by atoms with Gasteiger partial charge in [0, 0.05) is 38.9 Å². The summed E-state index contributed by atoms with van der Waals surface area (Å²) in [4.78, 5) is 2.41. The second-order valence-corrected chi connectivity index (χ2v) is 15.7. The summed E-state index contributed by atoms with van der Waals surface area (Å²) in [6, 6.07) is 75.5. The van der Waals surface area contributed by atoms with Gasteiger partial charge in [0.2, 0.25) is 0 Å². The van der Waals surface area contributed by atoms with Gasteiger partial charge in [-0.3, -0.25) is 0 Å². The normalized spacial score (nSPS) is 12.9. The number of rotatable bonds is 6. The van der Waals surface area contributed by atoms with E-state index in [1.807, 2.05) is 0 Å². The van der Waals surface area contributed by atoms with Gasteiger partial charge in [0.25, 0.3) is 0 Å². The molecule has 0 aliphatic heterocycles. The number of anilines is 3. The molecular weight excluding hydrogens is 689 g/mol. The summed E-state index contributed by atoms with van der Waals surface area (Å²) in [5.41, 5.74) is 17.1. The summed E-state index contributed by atoms with van der Waals surface area (Å²) in [5.74, 6) is 0. The molecule has 0 saturated heterocycles. The Hall–Kier alpha value is -7.16. The minimum atomic E-state index is -0.101. The van der Waals surface area contributed by atoms with Gasteiger partial charge in [0.1, 0.15) is 0 Å². The van der Waals surface area contributed by atoms with E-state index in [1.54, 1.807) is 0 Å². The van der Waals surface area contributed by atoms with E-state index in [1.165, 1.54) is 77.1 Å². The van der Waals surface area contributed by atoms with Crippen molar-refractivity contribution in [3.8, 4) is 39.1 Å². The van der Waals surface area contributed by atoms with E-state index in [9.17, 15) is 0 Å². The number of para-hydroxylation sites is 1. The highest BCUT2D eigenvalue weighted by molar-refractivity contribution is 6.24. The van der Waals surface area contributed by atoms with Crippen LogP contribution in [0, 0.1) is 0 Å². The predicted molar refractivity (Wildman–Crippen MR) is 241 cm³/mol. The van der Waals surface area contributed by atoms with Crippen molar-refractivity contribution < 1.29 is 0 Å². The molecule has 0 atom stereocenters. The summed E-state index contributed by atoms with van der Waals surface area (Å²) in [5, 5.41) is 5.08. The molecule has 1 aliphatic carbocycles. The highest BCUT2D eigenvalue weighted by atomic mass is 15.1. The van der Waals surface area contributed by atoms with Crippen molar-refractivity contribution in [2.45, 2.75) is 19.3 Å². The van der Waals surface area contributed by atoms with E-state index >= 15 is 0 Å². The third kappa shape index (κ3) is 5.25. The SMILES string of the molecule is CC1(C)c2ccccc2-c2ccc(N(c3ccc(-c4ccccc4)cc3)c3ccc(-n4c5ccccc5c5c6c(-c7ccccc7)cccc6ccc54)cc3)cc21. The maximum atomic E-state index is 2.43. The number of hydrogen-bond acceptors (Lipinski definition) is 1. The monoisotopic (exact) mass is 728 g/mol. The van der Waals surface area contributed by atoms with E-state index in [4.69, 9.17) is 0 Å². The van der Waals surface area contributed by atoms with Gasteiger partial charge in [-0.25, -0.2) is 0 Å². The lowest BCUT2D eigenvalue weighted by molar-refractivity contribution is 0.660. The molecule has 11 rings (SSSR count). The number of nitrogens with zero attached hydrogens (tertiary/aromatic N) is 2. The van der Waals surface area contributed by atoms with Crippen LogP contribution in [0.4, 0.5) is 17.1 Å². The standard InChI is InChI=1S/C55H40N2/c1-55(2)49-22-11-9-19-46(49)47-34-33-44(36-50(47)55)56(41-27-24-38(25-28-41)37-14-5-3-6-15-37)42-29-31-43(32-30-42)57-51-23-12-10-20-48(51)54-52(57)35-26-40-18-13-21-45(53(40)54)39-16-7-4-8-17-39/h3-36H,1-2H3. The van der Waals surface area contributed by atoms with Gasteiger partial charge < -0.3 is 9.47 Å². The highest BCUT2D eigenvalue weighted by Gasteiger charge is 2.35. The Kier molecular flexibility index (Phi) is 7.55. The fraction of sp³-hybridized carbons (Fsp3) is 0.0545. The smallest absolute Gasteiger partial charge is 0.0547 e. The molecule has 0 fully saturated rings. The average Bonchev–Trinajstić information content (AvgIpc) is 3.73. The third-order valence-electron chi connectivity index (χ3n) is 12.2. The minimum Gasteiger partial charge on any atom is -0.310 e. The van der Waals surface area contributed by atoms with E-state index in [0.717, 1.165) is 22.7 Å². The summed E-state index contributed by atoms with van der Waals surface area (Å²) in [6.07, 6.45) is 0. The van der Waals surface area contributed by atoms with Crippen molar-refractivity contribution in [3.63, 3.8) is 0 Å². The number of hydrogen-bond donors (Lipinski definition) is 0. The van der Waals surface area contributed by atoms with Crippen LogP contribution in [0.5, 0.6) is 0 Å². The first-order chi connectivity index (χ1) is 28.0. The van der Waals surface area contributed by atoms with Crippen LogP contribution in [0.25, 0.3) is 71.6 Å². The van der Waals surface area contributed by atoms with Gasteiger partial charge in [-0.2, -0.15) is 0 Å². The lowest BCUT2D eigenvalue weighted by atomic mass is 9.82. The Morgan fingerprint density at radius 3 is 1.75 bits per heavy atom. The number of fused-ring (bicyclic) bond motifs is 8. The fourth-order valence-electron chi connectivity index (χ4n) is 9.44. The van der Waals surface area contributed by atoms with E-state index < -0.39 is 0 Å². The van der Waals surface area contributed by atoms with Gasteiger partial charge in [-0.15, -0.1) is 0 Å². The second-order valence-electron chi connectivity index (χ2n) is 15.7. The van der Waals surface area contributed by atoms with Crippen LogP contribution in [0.1, 0.15) is 25.0 Å². The molecule has 0 radical (unpaired) electrons. The van der Waals surface area contributed by atoms with Gasteiger partial charge in [0.15, 0.2) is 0 Å². The number of benzene rings is 9. The summed E-state index contributed by atoms with van der Waals surface area (Å²) in [6.45, 7) is 4.71. The van der Waals surface area contributed by atoms with Crippen LogP contribution in [0.3, 0.4) is 0 Å². The van der Waals surface area contributed by atoms with Gasteiger partial charge in [-0.1, -0.05) is 159 Å². The molecule has 2 nitrogen and oxygen atoms in total. The van der Waals surface area contributed by atoms with Gasteiger partial charge >= 0.3 is 0 Å². The first-order valence-electron chi connectivity index (χ1n) is 19.9. The molecule has 1 aliphatic rings. The van der Waals surface area contributed by atoms with Crippen LogP contribution in [-0.4, -0.2) is 4.57 Å². The Labute approximate surface area is 333 Å². The van der Waals surface area contributed by atoms with Crippen molar-refractivity contribution in [1.82, 2.24) is 4.57 Å². The Morgan fingerprint density at radius 1 is 0.386 bits per heavy atom. The maximum Gasteiger partial charge on any atom is 0.0547 e. The Bertz CT molecular complexity index is 3120. The number of aromatic nitrogens is 1. The van der Waals surface area contributed by atoms with Crippen molar-refractivity contribution in [3.05, 3.63) is 217 Å². The van der Waals surface area contributed by atoms with Crippen LogP contribution in [0.2, 0.25) is 0 Å². The van der Waals surface area contributed by atoms with Crippen molar-refractivity contribution >= 4 is 49.6 Å². The first kappa shape index (κ1) is 33.2. The summed E-state index contributed by atoms with van der Waals surface area (Å²) >= 11 is 0. The minimum absolute atomic E-state index is 0.101. The molecule has 1 aromatic heterocycles. The van der Waals surface area contributed by atoms with E-state index in [2.05, 4.69) is 230 Å². The molecule has 0 saturated carbocycles. The molecule has 270 valence electrons. The second kappa shape index (κ2) is 13.0. The molecule has 0 N–H and O–H groups in total. The summed E-state index contributed by atoms with van der Waals surface area (Å²) < 4.78 is 2.43. The van der Waals surface area contributed by atoms with Crippen molar-refractivity contribution in [2.24, 2.45) is 0 Å². The zero-order valence-corrected chi connectivity index (χ0v) is 32.0. The fourth-order valence-corrected chi connectivity index (χ4v) is 9.44. The van der Waals surface area contributed by atoms with Crippen LogP contribution >= 0.6 is 0 Å². The molecular formula is C55H40N2. The molecule has 0 amide bonds. The third-order valence-corrected chi connectivity index (χ3v) is 12.2. The van der Waals surface area contributed by atoms with Crippen LogP contribution in [0.15, 0.2) is 206 Å². The lowest BCUT2D eigenvalue weighted by Gasteiger charge is -2.28. The quantitative estimate of drug-likeness (QED) is 0.165. The predicted octanol–water partition coefficient (Wildman–Crippen LogP) is 15.0. The molecule has 1 heterocycles. The van der Waals surface area contributed by atoms with E-state index in [-0.39, 0.29) is 5.41 Å². The molecule has 0 spiro atoms. The molecule has 0 bridgehead atoms. The van der Waals surface area contributed by atoms with Crippen molar-refractivity contribution in [2.75, 3.05) is 4.90 Å². The largest absolute Gasteiger partial charge is 0.310 e. The molecule has 9 aromatic carbocycles. The molecule has 10 aromatic rings. The maximum absolute atomic E-state index is 2.43. The molecule has 2 heteroatoms. The Balaban J connectivity index is 1.07. The zero-order chi connectivity index (χ0) is 38.1. The molecule has 57 heavy (non-hydrogen) atoms. The first-order valence-corrected chi connectivity index (χ1v) is 19.9. The Morgan fingerprint density at radius 2 is 0.982 bits per heavy atom. The highest BCUT2D eigenvalue weighted by Crippen LogP contribution is 2.51. The average molecular weight is 729 g/mol. The summed E-state index contributed by atoms with van der Waals surface area (Å²) in [7, 11) is 0. The molecule has 0 unspecified atom stereocenters. The lowest BCUT2D eigenvalue weighted by Crippen LogP contribution is -2.16.